The molecule has 0 N–H and O–H groups in total. The van der Waals surface area contributed by atoms with Crippen molar-refractivity contribution in [3.63, 3.8) is 0 Å². The molecule has 0 aliphatic carbocycles. The van der Waals surface area contributed by atoms with Crippen LogP contribution in [-0.4, -0.2) is 49.1 Å². The lowest BCUT2D eigenvalue weighted by Gasteiger charge is -2.38. The average Bonchev–Trinajstić information content (AvgIpc) is 3.31. The van der Waals surface area contributed by atoms with Gasteiger partial charge < -0.3 is 9.64 Å². The van der Waals surface area contributed by atoms with Gasteiger partial charge in [-0.2, -0.15) is 13.2 Å². The fraction of sp³-hybridized carbons (Fsp3) is 0.556. The molecule has 3 nitrogen and oxygen atoms in total. The van der Waals surface area contributed by atoms with Gasteiger partial charge in [-0.3, -0.25) is 4.90 Å². The summed E-state index contributed by atoms with van der Waals surface area (Å²) in [5, 5.41) is 0. The second-order valence-corrected chi connectivity index (χ2v) is 9.72. The number of benzene rings is 2. The third-order valence-corrected chi connectivity index (χ3v) is 7.55. The molecule has 6 heteroatoms. The first kappa shape index (κ1) is 22.7. The van der Waals surface area contributed by atoms with E-state index in [9.17, 15) is 13.2 Å². The molecule has 3 aliphatic heterocycles. The first-order valence-corrected chi connectivity index (χ1v) is 12.4. The van der Waals surface area contributed by atoms with Crippen LogP contribution < -0.4 is 4.74 Å². The number of halogens is 3. The van der Waals surface area contributed by atoms with Gasteiger partial charge in [0.25, 0.3) is 0 Å². The zero-order valence-electron chi connectivity index (χ0n) is 19.1. The molecule has 178 valence electrons. The van der Waals surface area contributed by atoms with Crippen molar-refractivity contribution in [2.45, 2.75) is 56.7 Å². The van der Waals surface area contributed by atoms with E-state index in [2.05, 4.69) is 21.9 Å². The number of fused-ring (bicyclic) bond motifs is 3. The largest absolute Gasteiger partial charge is 0.494 e. The molecule has 0 radical (unpaired) electrons. The van der Waals surface area contributed by atoms with E-state index in [0.29, 0.717) is 12.6 Å². The lowest BCUT2D eigenvalue weighted by atomic mass is 9.81. The summed E-state index contributed by atoms with van der Waals surface area (Å²) in [7, 11) is 0. The van der Waals surface area contributed by atoms with Crippen molar-refractivity contribution in [2.24, 2.45) is 0 Å². The summed E-state index contributed by atoms with van der Waals surface area (Å²) in [6.07, 6.45) is 2.99. The highest BCUT2D eigenvalue weighted by Crippen LogP contribution is 2.45. The standard InChI is InChI=1S/C27H33F3N2O/c28-27(29,30)21-9-7-20(8-10-21)25-19-32-16-4-6-26(32)24-18-22(11-12-23(24)25)33-17-5-15-31-13-2-1-3-14-31/h7-12,18,25-26H,1-6,13-17,19H2/t25-,26+/m1/s1. The van der Waals surface area contributed by atoms with E-state index in [1.807, 2.05) is 6.07 Å². The minimum absolute atomic E-state index is 0.0878. The summed E-state index contributed by atoms with van der Waals surface area (Å²) in [5.41, 5.74) is 2.88. The summed E-state index contributed by atoms with van der Waals surface area (Å²) in [4.78, 5) is 5.02. The molecule has 0 unspecified atom stereocenters. The molecule has 0 saturated carbocycles. The molecule has 2 aromatic rings. The number of hydrogen-bond acceptors (Lipinski definition) is 3. The Bertz CT molecular complexity index is 937. The smallest absolute Gasteiger partial charge is 0.416 e. The Hall–Kier alpha value is -2.05. The Balaban J connectivity index is 1.30. The minimum atomic E-state index is -4.30. The molecular weight excluding hydrogens is 425 g/mol. The molecule has 0 spiro atoms. The number of piperidine rings is 1. The Morgan fingerprint density at radius 2 is 1.67 bits per heavy atom. The predicted octanol–water partition coefficient (Wildman–Crippen LogP) is 6.24. The van der Waals surface area contributed by atoms with Gasteiger partial charge in [-0.05, 0) is 92.7 Å². The topological polar surface area (TPSA) is 15.7 Å². The highest BCUT2D eigenvalue weighted by molar-refractivity contribution is 5.47. The summed E-state index contributed by atoms with van der Waals surface area (Å²) < 4.78 is 45.2. The van der Waals surface area contributed by atoms with Gasteiger partial charge in [-0.15, -0.1) is 0 Å². The van der Waals surface area contributed by atoms with Gasteiger partial charge in [-0.1, -0.05) is 24.6 Å². The fourth-order valence-electron chi connectivity index (χ4n) is 5.83. The Kier molecular flexibility index (Phi) is 6.66. The second-order valence-electron chi connectivity index (χ2n) is 9.72. The average molecular weight is 459 g/mol. The van der Waals surface area contributed by atoms with Crippen molar-refractivity contribution in [2.75, 3.05) is 39.3 Å². The van der Waals surface area contributed by atoms with Gasteiger partial charge in [-0.25, -0.2) is 0 Å². The van der Waals surface area contributed by atoms with E-state index in [-0.39, 0.29) is 5.92 Å². The number of likely N-dealkylation sites (tertiary alicyclic amines) is 1. The molecule has 3 aliphatic rings. The maximum absolute atomic E-state index is 13.0. The van der Waals surface area contributed by atoms with Gasteiger partial charge in [0, 0.05) is 25.0 Å². The van der Waals surface area contributed by atoms with Crippen molar-refractivity contribution in [3.05, 3.63) is 64.7 Å². The van der Waals surface area contributed by atoms with E-state index in [4.69, 9.17) is 4.74 Å². The molecule has 0 aromatic heterocycles. The van der Waals surface area contributed by atoms with Crippen LogP contribution in [0.1, 0.15) is 72.7 Å². The lowest BCUT2D eigenvalue weighted by molar-refractivity contribution is -0.137. The molecule has 2 saturated heterocycles. The molecule has 2 fully saturated rings. The molecule has 5 rings (SSSR count). The SMILES string of the molecule is FC(F)(F)c1ccc([C@H]2CN3CCC[C@H]3c3cc(OCCCN4CCCCC4)ccc32)cc1. The molecule has 2 aromatic carbocycles. The fourth-order valence-corrected chi connectivity index (χ4v) is 5.83. The lowest BCUT2D eigenvalue weighted by Crippen LogP contribution is -2.34. The predicted molar refractivity (Wildman–Crippen MR) is 124 cm³/mol. The van der Waals surface area contributed by atoms with Gasteiger partial charge in [0.05, 0.1) is 12.2 Å². The Labute approximate surface area is 194 Å². The van der Waals surface area contributed by atoms with Crippen molar-refractivity contribution < 1.29 is 17.9 Å². The van der Waals surface area contributed by atoms with Crippen LogP contribution >= 0.6 is 0 Å². The molecular formula is C27H33F3N2O. The summed E-state index contributed by atoms with van der Waals surface area (Å²) in [5.74, 6) is 0.997. The van der Waals surface area contributed by atoms with Crippen LogP contribution in [0.15, 0.2) is 42.5 Å². The third kappa shape index (κ3) is 5.07. The molecule has 2 atom stereocenters. The van der Waals surface area contributed by atoms with E-state index in [0.717, 1.165) is 50.2 Å². The van der Waals surface area contributed by atoms with E-state index in [1.54, 1.807) is 12.1 Å². The van der Waals surface area contributed by atoms with Gasteiger partial charge in [0.15, 0.2) is 0 Å². The van der Waals surface area contributed by atoms with Crippen molar-refractivity contribution in [1.29, 1.82) is 0 Å². The third-order valence-electron chi connectivity index (χ3n) is 7.55. The highest BCUT2D eigenvalue weighted by Gasteiger charge is 2.37. The molecule has 3 heterocycles. The number of alkyl halides is 3. The quantitative estimate of drug-likeness (QED) is 0.477. The summed E-state index contributed by atoms with van der Waals surface area (Å²) in [6, 6.07) is 12.5. The number of nitrogens with zero attached hydrogens (tertiary/aromatic N) is 2. The van der Waals surface area contributed by atoms with Crippen LogP contribution in [0.25, 0.3) is 0 Å². The first-order valence-electron chi connectivity index (χ1n) is 12.4. The van der Waals surface area contributed by atoms with Gasteiger partial charge >= 0.3 is 6.18 Å². The zero-order chi connectivity index (χ0) is 22.8. The minimum Gasteiger partial charge on any atom is -0.494 e. The van der Waals surface area contributed by atoms with Gasteiger partial charge in [0.2, 0.25) is 0 Å². The van der Waals surface area contributed by atoms with Crippen LogP contribution in [0.4, 0.5) is 13.2 Å². The van der Waals surface area contributed by atoms with E-state index < -0.39 is 11.7 Å². The maximum atomic E-state index is 13.0. The summed E-state index contributed by atoms with van der Waals surface area (Å²) in [6.45, 7) is 6.13. The molecule has 33 heavy (non-hydrogen) atoms. The second kappa shape index (κ2) is 9.67. The number of ether oxygens (including phenoxy) is 1. The maximum Gasteiger partial charge on any atom is 0.416 e. The van der Waals surface area contributed by atoms with Crippen LogP contribution in [-0.2, 0) is 6.18 Å². The number of rotatable bonds is 6. The molecule has 0 amide bonds. The van der Waals surface area contributed by atoms with Crippen molar-refractivity contribution in [3.8, 4) is 5.75 Å². The van der Waals surface area contributed by atoms with E-state index >= 15 is 0 Å². The highest BCUT2D eigenvalue weighted by atomic mass is 19.4. The van der Waals surface area contributed by atoms with Crippen LogP contribution in [0.2, 0.25) is 0 Å². The number of hydrogen-bond donors (Lipinski definition) is 0. The summed E-state index contributed by atoms with van der Waals surface area (Å²) >= 11 is 0. The van der Waals surface area contributed by atoms with Gasteiger partial charge in [0.1, 0.15) is 5.75 Å². The normalized spacial score (nSPS) is 23.8. The van der Waals surface area contributed by atoms with Crippen LogP contribution in [0.3, 0.4) is 0 Å². The Morgan fingerprint density at radius 3 is 2.42 bits per heavy atom. The van der Waals surface area contributed by atoms with Crippen LogP contribution in [0, 0.1) is 0 Å². The first-order chi connectivity index (χ1) is 16.0. The van der Waals surface area contributed by atoms with Crippen molar-refractivity contribution in [1.82, 2.24) is 9.80 Å². The molecule has 0 bridgehead atoms. The van der Waals surface area contributed by atoms with Crippen molar-refractivity contribution >= 4 is 0 Å². The monoisotopic (exact) mass is 458 g/mol. The Morgan fingerprint density at radius 1 is 0.879 bits per heavy atom. The van der Waals surface area contributed by atoms with Crippen LogP contribution in [0.5, 0.6) is 5.75 Å². The zero-order valence-corrected chi connectivity index (χ0v) is 19.1. The van der Waals surface area contributed by atoms with E-state index in [1.165, 1.54) is 55.6 Å².